The van der Waals surface area contributed by atoms with Gasteiger partial charge < -0.3 is 10.1 Å². The molecule has 1 fully saturated rings. The van der Waals surface area contributed by atoms with Crippen molar-refractivity contribution in [3.8, 4) is 5.75 Å². The zero-order chi connectivity index (χ0) is 17.5. The molecular formula is C22H27NO2. The molecule has 0 atom stereocenters. The summed E-state index contributed by atoms with van der Waals surface area (Å²) in [5.41, 5.74) is 2.11. The van der Waals surface area contributed by atoms with E-state index < -0.39 is 0 Å². The number of ether oxygens (including phenoxy) is 1. The third kappa shape index (κ3) is 4.22. The maximum Gasteiger partial charge on any atom is 0.251 e. The molecule has 1 N–H and O–H groups in total. The van der Waals surface area contributed by atoms with Gasteiger partial charge in [0.2, 0.25) is 0 Å². The van der Waals surface area contributed by atoms with Crippen LogP contribution in [0.1, 0.15) is 54.9 Å². The normalized spacial score (nSPS) is 15.7. The predicted octanol–water partition coefficient (Wildman–Crippen LogP) is 4.72. The Morgan fingerprint density at radius 3 is 2.36 bits per heavy atom. The number of nitrogens with one attached hydrogen (secondary N) is 1. The molecule has 0 bridgehead atoms. The van der Waals surface area contributed by atoms with E-state index in [9.17, 15) is 4.79 Å². The number of benzene rings is 2. The van der Waals surface area contributed by atoms with Gasteiger partial charge in [0.05, 0.1) is 6.61 Å². The molecule has 0 radical (unpaired) electrons. The number of rotatable bonds is 7. The largest absolute Gasteiger partial charge is 0.494 e. The zero-order valence-electron chi connectivity index (χ0n) is 15.0. The fraction of sp³-hybridized carbons (Fsp3) is 0.409. The van der Waals surface area contributed by atoms with E-state index in [1.807, 2.05) is 30.3 Å². The van der Waals surface area contributed by atoms with Gasteiger partial charge in [-0.25, -0.2) is 0 Å². The summed E-state index contributed by atoms with van der Waals surface area (Å²) in [6, 6.07) is 18.0. The molecule has 0 spiro atoms. The molecule has 1 aliphatic rings. The molecule has 0 saturated heterocycles. The highest BCUT2D eigenvalue weighted by Crippen LogP contribution is 2.40. The summed E-state index contributed by atoms with van der Waals surface area (Å²) in [5.74, 6) is 0.805. The van der Waals surface area contributed by atoms with E-state index in [1.54, 1.807) is 0 Å². The van der Waals surface area contributed by atoms with Crippen molar-refractivity contribution in [1.29, 1.82) is 0 Å². The molecule has 2 aromatic carbocycles. The molecule has 0 aliphatic heterocycles. The van der Waals surface area contributed by atoms with Gasteiger partial charge in [-0.15, -0.1) is 0 Å². The van der Waals surface area contributed by atoms with Crippen LogP contribution < -0.4 is 10.1 Å². The minimum atomic E-state index is -0.00996. The average Bonchev–Trinajstić information content (AvgIpc) is 3.16. The second-order valence-corrected chi connectivity index (χ2v) is 6.91. The molecule has 25 heavy (non-hydrogen) atoms. The van der Waals surface area contributed by atoms with Gasteiger partial charge in [-0.1, -0.05) is 50.1 Å². The van der Waals surface area contributed by atoms with Gasteiger partial charge in [0.1, 0.15) is 5.75 Å². The highest BCUT2D eigenvalue weighted by molar-refractivity contribution is 5.94. The first-order chi connectivity index (χ1) is 12.2. The highest BCUT2D eigenvalue weighted by atomic mass is 16.5. The SMILES string of the molecule is CCCOc1ccc(C(=O)NCC2(c3ccccc3)CCCC2)cc1. The van der Waals surface area contributed by atoms with Crippen molar-refractivity contribution in [2.24, 2.45) is 0 Å². The Labute approximate surface area is 150 Å². The maximum absolute atomic E-state index is 12.5. The Balaban J connectivity index is 1.64. The number of hydrogen-bond donors (Lipinski definition) is 1. The van der Waals surface area contributed by atoms with Gasteiger partial charge >= 0.3 is 0 Å². The van der Waals surface area contributed by atoms with Crippen LogP contribution >= 0.6 is 0 Å². The van der Waals surface area contributed by atoms with Crippen LogP contribution in [0.25, 0.3) is 0 Å². The zero-order valence-corrected chi connectivity index (χ0v) is 15.0. The summed E-state index contributed by atoms with van der Waals surface area (Å²) in [6.07, 6.45) is 5.72. The molecule has 1 aliphatic carbocycles. The lowest BCUT2D eigenvalue weighted by Gasteiger charge is -2.30. The molecule has 2 aromatic rings. The molecule has 0 aromatic heterocycles. The molecule has 3 nitrogen and oxygen atoms in total. The fourth-order valence-corrected chi connectivity index (χ4v) is 3.68. The van der Waals surface area contributed by atoms with Crippen molar-refractivity contribution in [3.63, 3.8) is 0 Å². The topological polar surface area (TPSA) is 38.3 Å². The predicted molar refractivity (Wildman–Crippen MR) is 101 cm³/mol. The molecule has 0 unspecified atom stereocenters. The number of carbonyl (C=O) groups excluding carboxylic acids is 1. The Kier molecular flexibility index (Phi) is 5.75. The van der Waals surface area contributed by atoms with Gasteiger partial charge in [0, 0.05) is 17.5 Å². The van der Waals surface area contributed by atoms with Crippen LogP contribution in [0.4, 0.5) is 0 Å². The summed E-state index contributed by atoms with van der Waals surface area (Å²) in [7, 11) is 0. The van der Waals surface area contributed by atoms with Crippen LogP contribution in [0.3, 0.4) is 0 Å². The first kappa shape index (κ1) is 17.5. The van der Waals surface area contributed by atoms with Crippen molar-refractivity contribution in [2.45, 2.75) is 44.4 Å². The lowest BCUT2D eigenvalue weighted by Crippen LogP contribution is -2.39. The van der Waals surface area contributed by atoms with E-state index in [-0.39, 0.29) is 11.3 Å². The number of carbonyl (C=O) groups is 1. The average molecular weight is 337 g/mol. The lowest BCUT2D eigenvalue weighted by atomic mass is 9.79. The van der Waals surface area contributed by atoms with E-state index in [0.29, 0.717) is 18.7 Å². The monoisotopic (exact) mass is 337 g/mol. The van der Waals surface area contributed by atoms with Crippen LogP contribution in [0.15, 0.2) is 54.6 Å². The molecular weight excluding hydrogens is 310 g/mol. The van der Waals surface area contributed by atoms with Crippen LogP contribution in [-0.4, -0.2) is 19.1 Å². The Bertz CT molecular complexity index is 673. The van der Waals surface area contributed by atoms with Gasteiger partial charge in [-0.2, -0.15) is 0 Å². The van der Waals surface area contributed by atoms with Gasteiger partial charge in [0.25, 0.3) is 5.91 Å². The van der Waals surface area contributed by atoms with Crippen molar-refractivity contribution in [1.82, 2.24) is 5.32 Å². The molecule has 3 heteroatoms. The smallest absolute Gasteiger partial charge is 0.251 e. The van der Waals surface area contributed by atoms with E-state index >= 15 is 0 Å². The second kappa shape index (κ2) is 8.19. The van der Waals surface area contributed by atoms with Crippen LogP contribution in [0, 0.1) is 0 Å². The highest BCUT2D eigenvalue weighted by Gasteiger charge is 2.35. The minimum absolute atomic E-state index is 0.00996. The summed E-state index contributed by atoms with van der Waals surface area (Å²) in [4.78, 5) is 12.5. The number of hydrogen-bond acceptors (Lipinski definition) is 2. The van der Waals surface area contributed by atoms with Gasteiger partial charge in [-0.05, 0) is 49.1 Å². The van der Waals surface area contributed by atoms with Crippen LogP contribution in [0.2, 0.25) is 0 Å². The van der Waals surface area contributed by atoms with E-state index in [0.717, 1.165) is 25.0 Å². The number of amides is 1. The first-order valence-electron chi connectivity index (χ1n) is 9.30. The van der Waals surface area contributed by atoms with E-state index in [4.69, 9.17) is 4.74 Å². The van der Waals surface area contributed by atoms with Crippen molar-refractivity contribution < 1.29 is 9.53 Å². The Hall–Kier alpha value is -2.29. The summed E-state index contributed by atoms with van der Waals surface area (Å²) in [5, 5.41) is 3.16. The van der Waals surface area contributed by atoms with Crippen LogP contribution in [0.5, 0.6) is 5.75 Å². The van der Waals surface area contributed by atoms with Crippen LogP contribution in [-0.2, 0) is 5.41 Å². The molecule has 132 valence electrons. The standard InChI is InChI=1S/C22H27NO2/c1-2-16-25-20-12-10-18(11-13-20)21(24)23-17-22(14-6-7-15-22)19-8-4-3-5-9-19/h3-5,8-13H,2,6-7,14-17H2,1H3,(H,23,24). The summed E-state index contributed by atoms with van der Waals surface area (Å²) < 4.78 is 5.57. The van der Waals surface area contributed by atoms with Gasteiger partial charge in [0.15, 0.2) is 0 Å². The summed E-state index contributed by atoms with van der Waals surface area (Å²) >= 11 is 0. The molecule has 1 saturated carbocycles. The quantitative estimate of drug-likeness (QED) is 0.794. The van der Waals surface area contributed by atoms with E-state index in [2.05, 4.69) is 36.5 Å². The third-order valence-corrected chi connectivity index (χ3v) is 5.12. The fourth-order valence-electron chi connectivity index (χ4n) is 3.68. The minimum Gasteiger partial charge on any atom is -0.494 e. The second-order valence-electron chi connectivity index (χ2n) is 6.91. The van der Waals surface area contributed by atoms with Crippen molar-refractivity contribution >= 4 is 5.91 Å². The van der Waals surface area contributed by atoms with Gasteiger partial charge in [-0.3, -0.25) is 4.79 Å². The maximum atomic E-state index is 12.5. The van der Waals surface area contributed by atoms with Crippen molar-refractivity contribution in [3.05, 3.63) is 65.7 Å². The molecule has 3 rings (SSSR count). The Morgan fingerprint density at radius 1 is 1.04 bits per heavy atom. The molecule has 1 amide bonds. The first-order valence-corrected chi connectivity index (χ1v) is 9.30. The Morgan fingerprint density at radius 2 is 1.72 bits per heavy atom. The summed E-state index contributed by atoms with van der Waals surface area (Å²) in [6.45, 7) is 3.47. The molecule has 0 heterocycles. The third-order valence-electron chi connectivity index (χ3n) is 5.12. The van der Waals surface area contributed by atoms with E-state index in [1.165, 1.54) is 18.4 Å². The lowest BCUT2D eigenvalue weighted by molar-refractivity contribution is 0.0943. The van der Waals surface area contributed by atoms with Crippen molar-refractivity contribution in [2.75, 3.05) is 13.2 Å².